The lowest BCUT2D eigenvalue weighted by atomic mass is 10.9. The zero-order chi connectivity index (χ0) is 9.45. The molecule has 0 rings (SSSR count). The van der Waals surface area contributed by atoms with E-state index in [4.69, 9.17) is 5.11 Å². The quantitative estimate of drug-likeness (QED) is 0.481. The lowest BCUT2D eigenvalue weighted by Gasteiger charge is -2.18. The van der Waals surface area contributed by atoms with Crippen LogP contribution in [0.2, 0.25) is 12.1 Å². The summed E-state index contributed by atoms with van der Waals surface area (Å²) in [6, 6.07) is 2.31. The van der Waals surface area contributed by atoms with E-state index in [2.05, 4.69) is 19.7 Å². The molecule has 0 aromatic rings. The molecular weight excluding hydrogens is 180 g/mol. The summed E-state index contributed by atoms with van der Waals surface area (Å²) < 4.78 is 0. The van der Waals surface area contributed by atoms with Crippen LogP contribution in [0.15, 0.2) is 36.8 Å². The molecule has 0 unspecified atom stereocenters. The van der Waals surface area contributed by atoms with E-state index in [0.717, 1.165) is 6.04 Å². The number of aliphatic hydroxyl groups is 1. The number of hydrogen-bond donors (Lipinski definition) is 1. The first-order valence-electron chi connectivity index (χ1n) is 4.26. The Morgan fingerprint density at radius 3 is 2.00 bits per heavy atom. The Hall–Kier alpha value is -0.386. The molecule has 68 valence electrons. The zero-order valence-electron chi connectivity index (χ0n) is 7.63. The van der Waals surface area contributed by atoms with Gasteiger partial charge >= 0.3 is 0 Å². The van der Waals surface area contributed by atoms with Crippen LogP contribution in [0, 0.1) is 0 Å². The van der Waals surface area contributed by atoms with Gasteiger partial charge < -0.3 is 5.11 Å². The average Bonchev–Trinajstić information content (AvgIpc) is 2.14. The van der Waals surface area contributed by atoms with Gasteiger partial charge in [0.2, 0.25) is 0 Å². The first kappa shape index (κ1) is 11.6. The van der Waals surface area contributed by atoms with Crippen molar-refractivity contribution in [3.63, 3.8) is 0 Å². The van der Waals surface area contributed by atoms with E-state index in [1.807, 2.05) is 17.1 Å². The second-order valence-electron chi connectivity index (χ2n) is 2.91. The molecule has 0 heterocycles. The van der Waals surface area contributed by atoms with Crippen molar-refractivity contribution in [1.82, 2.24) is 0 Å². The second kappa shape index (κ2) is 6.17. The molecule has 12 heavy (non-hydrogen) atoms. The minimum atomic E-state index is -1.54. The van der Waals surface area contributed by atoms with Gasteiger partial charge in [0, 0.05) is 6.23 Å². The molecular formula is C9H18OSi2. The van der Waals surface area contributed by atoms with Crippen LogP contribution in [0.4, 0.5) is 0 Å². The summed E-state index contributed by atoms with van der Waals surface area (Å²) >= 11 is 0. The highest BCUT2D eigenvalue weighted by atomic mass is 28.3. The highest BCUT2D eigenvalue weighted by molar-refractivity contribution is 6.93. The third-order valence-corrected chi connectivity index (χ3v) is 7.53. The first-order valence-corrected chi connectivity index (χ1v) is 8.70. The summed E-state index contributed by atoms with van der Waals surface area (Å²) in [5.41, 5.74) is 6.04. The monoisotopic (exact) mass is 198 g/mol. The average molecular weight is 198 g/mol. The van der Waals surface area contributed by atoms with Gasteiger partial charge in [-0.15, -0.1) is 19.7 Å². The maximum Gasteiger partial charge on any atom is 0.124 e. The molecule has 0 radical (unpaired) electrons. The third-order valence-electron chi connectivity index (χ3n) is 2.16. The Labute approximate surface area is 78.3 Å². The van der Waals surface area contributed by atoms with Gasteiger partial charge in [-0.1, -0.05) is 23.1 Å². The van der Waals surface area contributed by atoms with E-state index >= 15 is 0 Å². The fourth-order valence-electron chi connectivity index (χ4n) is 1.10. The molecule has 0 amide bonds. The van der Waals surface area contributed by atoms with Crippen molar-refractivity contribution >= 4 is 17.6 Å². The van der Waals surface area contributed by atoms with Gasteiger partial charge in [0.25, 0.3) is 0 Å². The van der Waals surface area contributed by atoms with Crippen LogP contribution in [0.5, 0.6) is 0 Å². The Morgan fingerprint density at radius 1 is 1.17 bits per heavy atom. The molecule has 0 aromatic heterocycles. The second-order valence-corrected chi connectivity index (χ2v) is 8.72. The molecule has 1 N–H and O–H groups in total. The van der Waals surface area contributed by atoms with Crippen LogP contribution in [0.3, 0.4) is 0 Å². The SMILES string of the molecule is C=C[Si](C=C)(C=C)CC[SiH2]CO. The Kier molecular flexibility index (Phi) is 5.97. The topological polar surface area (TPSA) is 20.2 Å². The summed E-state index contributed by atoms with van der Waals surface area (Å²) in [7, 11) is -1.78. The summed E-state index contributed by atoms with van der Waals surface area (Å²) in [6.45, 7) is 11.5. The third kappa shape index (κ3) is 3.34. The van der Waals surface area contributed by atoms with Gasteiger partial charge in [-0.05, 0) is 6.04 Å². The van der Waals surface area contributed by atoms with E-state index in [0.29, 0.717) is 6.23 Å². The van der Waals surface area contributed by atoms with Crippen molar-refractivity contribution in [3.8, 4) is 0 Å². The smallest absolute Gasteiger partial charge is 0.124 e. The van der Waals surface area contributed by atoms with Crippen LogP contribution in [0.1, 0.15) is 0 Å². The van der Waals surface area contributed by atoms with E-state index < -0.39 is 8.07 Å². The van der Waals surface area contributed by atoms with E-state index in [9.17, 15) is 0 Å². The molecule has 1 nitrogen and oxygen atoms in total. The van der Waals surface area contributed by atoms with Crippen molar-refractivity contribution < 1.29 is 5.11 Å². The fourth-order valence-corrected chi connectivity index (χ4v) is 5.88. The lowest BCUT2D eigenvalue weighted by molar-refractivity contribution is 0.366. The minimum absolute atomic E-state index is 0.239. The zero-order valence-corrected chi connectivity index (χ0v) is 10.0. The lowest BCUT2D eigenvalue weighted by Crippen LogP contribution is -2.26. The van der Waals surface area contributed by atoms with Crippen molar-refractivity contribution in [2.24, 2.45) is 0 Å². The Morgan fingerprint density at radius 2 is 1.67 bits per heavy atom. The predicted molar refractivity (Wildman–Crippen MR) is 61.6 cm³/mol. The van der Waals surface area contributed by atoms with Crippen LogP contribution in [-0.4, -0.2) is 28.9 Å². The molecule has 0 aliphatic carbocycles. The maximum atomic E-state index is 8.68. The van der Waals surface area contributed by atoms with Gasteiger partial charge in [0.05, 0.1) is 9.52 Å². The normalized spacial score (nSPS) is 11.8. The highest BCUT2D eigenvalue weighted by Gasteiger charge is 2.20. The molecule has 0 atom stereocenters. The minimum Gasteiger partial charge on any atom is -0.400 e. The van der Waals surface area contributed by atoms with E-state index in [-0.39, 0.29) is 9.52 Å². The van der Waals surface area contributed by atoms with Crippen LogP contribution < -0.4 is 0 Å². The number of hydrogen-bond acceptors (Lipinski definition) is 1. The standard InChI is InChI=1S/C9H18OSi2/c1-4-12(5-2,6-3)8-7-11-9-10/h4-6,10H,1-3,7-9,11H2. The van der Waals surface area contributed by atoms with Gasteiger partial charge in [-0.25, -0.2) is 0 Å². The Bertz CT molecular complexity index is 144. The van der Waals surface area contributed by atoms with Crippen molar-refractivity contribution in [3.05, 3.63) is 36.8 Å². The van der Waals surface area contributed by atoms with Crippen molar-refractivity contribution in [2.75, 3.05) is 6.23 Å². The van der Waals surface area contributed by atoms with Gasteiger partial charge in [-0.2, -0.15) is 0 Å². The summed E-state index contributed by atoms with van der Waals surface area (Å²) in [6.07, 6.45) is 0.413. The first-order chi connectivity index (χ1) is 5.74. The summed E-state index contributed by atoms with van der Waals surface area (Å²) in [4.78, 5) is 0. The Balaban J connectivity index is 4.02. The molecule has 0 spiro atoms. The van der Waals surface area contributed by atoms with Gasteiger partial charge in [-0.3, -0.25) is 0 Å². The summed E-state index contributed by atoms with van der Waals surface area (Å²) in [5.74, 6) is 0. The molecule has 0 aliphatic heterocycles. The maximum absolute atomic E-state index is 8.68. The van der Waals surface area contributed by atoms with Crippen molar-refractivity contribution in [2.45, 2.75) is 12.1 Å². The van der Waals surface area contributed by atoms with Gasteiger partial charge in [0.15, 0.2) is 0 Å². The van der Waals surface area contributed by atoms with Crippen molar-refractivity contribution in [1.29, 1.82) is 0 Å². The molecule has 0 saturated carbocycles. The molecule has 0 aliphatic rings. The molecule has 3 heteroatoms. The van der Waals surface area contributed by atoms with Crippen LogP contribution >= 0.6 is 0 Å². The molecule has 0 saturated heterocycles. The number of rotatable bonds is 7. The van der Waals surface area contributed by atoms with E-state index in [1.54, 1.807) is 0 Å². The summed E-state index contributed by atoms with van der Waals surface area (Å²) in [5, 5.41) is 8.68. The predicted octanol–water partition coefficient (Wildman–Crippen LogP) is 1.15. The van der Waals surface area contributed by atoms with Crippen LogP contribution in [0.25, 0.3) is 0 Å². The van der Waals surface area contributed by atoms with Gasteiger partial charge in [0.1, 0.15) is 8.07 Å². The highest BCUT2D eigenvalue weighted by Crippen LogP contribution is 2.15. The van der Waals surface area contributed by atoms with Crippen LogP contribution in [-0.2, 0) is 0 Å². The number of aliphatic hydroxyl groups excluding tert-OH is 1. The molecule has 0 aromatic carbocycles. The molecule has 0 fully saturated rings. The molecule has 0 bridgehead atoms. The van der Waals surface area contributed by atoms with E-state index in [1.165, 1.54) is 6.04 Å². The largest absolute Gasteiger partial charge is 0.400 e. The fraction of sp³-hybridized carbons (Fsp3) is 0.333.